The van der Waals surface area contributed by atoms with Gasteiger partial charge in [-0.1, -0.05) is 0 Å². The monoisotopic (exact) mass is 311 g/mol. The van der Waals surface area contributed by atoms with Gasteiger partial charge in [0.25, 0.3) is 0 Å². The first-order valence-corrected chi connectivity index (χ1v) is 8.63. The highest BCUT2D eigenvalue weighted by Crippen LogP contribution is 2.34. The van der Waals surface area contributed by atoms with Gasteiger partial charge in [-0.2, -0.15) is 0 Å². The zero-order valence-electron chi connectivity index (χ0n) is 13.5. The number of aliphatic hydroxyl groups is 1. The van der Waals surface area contributed by atoms with Crippen LogP contribution >= 0.6 is 0 Å². The average molecular weight is 311 g/mol. The molecular formula is C16H29N3O3. The van der Waals surface area contributed by atoms with Gasteiger partial charge < -0.3 is 25.2 Å². The Bertz CT molecular complexity index is 396. The molecule has 0 spiro atoms. The van der Waals surface area contributed by atoms with Gasteiger partial charge in [-0.25, -0.2) is 0 Å². The molecule has 6 heteroatoms. The lowest BCUT2D eigenvalue weighted by molar-refractivity contribution is -0.0106. The van der Waals surface area contributed by atoms with Crippen LogP contribution in [0.4, 0.5) is 0 Å². The van der Waals surface area contributed by atoms with Gasteiger partial charge in [0, 0.05) is 25.2 Å². The first-order chi connectivity index (χ1) is 10.7. The van der Waals surface area contributed by atoms with Gasteiger partial charge in [0.1, 0.15) is 0 Å². The third kappa shape index (κ3) is 3.55. The molecule has 0 aliphatic carbocycles. The van der Waals surface area contributed by atoms with E-state index in [-0.39, 0.29) is 12.0 Å². The Kier molecular flexibility index (Phi) is 5.21. The van der Waals surface area contributed by atoms with Crippen LogP contribution in [-0.2, 0) is 9.47 Å². The minimum Gasteiger partial charge on any atom is -0.396 e. The number of hydrogen-bond donors (Lipinski definition) is 3. The van der Waals surface area contributed by atoms with Gasteiger partial charge in [0.15, 0.2) is 5.96 Å². The molecule has 3 rings (SSSR count). The van der Waals surface area contributed by atoms with E-state index in [1.165, 1.54) is 6.42 Å². The Morgan fingerprint density at radius 3 is 2.73 bits per heavy atom. The minimum atomic E-state index is -0.119. The van der Waals surface area contributed by atoms with E-state index < -0.39 is 0 Å². The van der Waals surface area contributed by atoms with Crippen molar-refractivity contribution in [3.05, 3.63) is 0 Å². The maximum absolute atomic E-state index is 9.77. The van der Waals surface area contributed by atoms with E-state index in [1.54, 1.807) is 0 Å². The smallest absolute Gasteiger partial charge is 0.191 e. The summed E-state index contributed by atoms with van der Waals surface area (Å²) in [5.41, 5.74) is -0.119. The Balaban J connectivity index is 1.59. The van der Waals surface area contributed by atoms with Crippen molar-refractivity contribution < 1.29 is 14.6 Å². The molecule has 0 amide bonds. The topological polar surface area (TPSA) is 75.1 Å². The van der Waals surface area contributed by atoms with Crippen LogP contribution in [-0.4, -0.2) is 62.2 Å². The molecule has 3 aliphatic heterocycles. The summed E-state index contributed by atoms with van der Waals surface area (Å²) >= 11 is 0. The number of aliphatic imine (C=N–C) groups is 1. The Hall–Kier alpha value is -0.850. The Morgan fingerprint density at radius 1 is 1.32 bits per heavy atom. The second kappa shape index (κ2) is 7.15. The lowest BCUT2D eigenvalue weighted by Crippen LogP contribution is -2.48. The molecule has 22 heavy (non-hydrogen) atoms. The molecular weight excluding hydrogens is 282 g/mol. The third-order valence-electron chi connectivity index (χ3n) is 5.23. The third-order valence-corrected chi connectivity index (χ3v) is 5.23. The van der Waals surface area contributed by atoms with E-state index in [1.807, 2.05) is 0 Å². The number of hydrogen-bond acceptors (Lipinski definition) is 4. The normalized spacial score (nSPS) is 33.9. The van der Waals surface area contributed by atoms with Crippen LogP contribution in [0.2, 0.25) is 0 Å². The summed E-state index contributed by atoms with van der Waals surface area (Å²) in [4.78, 5) is 4.75. The predicted octanol–water partition coefficient (Wildman–Crippen LogP) is 0.651. The molecule has 3 saturated heterocycles. The van der Waals surface area contributed by atoms with Crippen molar-refractivity contribution in [3.8, 4) is 0 Å². The number of guanidine groups is 1. The van der Waals surface area contributed by atoms with Crippen molar-refractivity contribution in [1.82, 2.24) is 10.6 Å². The van der Waals surface area contributed by atoms with E-state index in [2.05, 4.69) is 17.6 Å². The minimum absolute atomic E-state index is 0.119. The second-order valence-corrected chi connectivity index (χ2v) is 6.83. The van der Waals surface area contributed by atoms with Gasteiger partial charge in [-0.05, 0) is 39.0 Å². The molecule has 3 heterocycles. The van der Waals surface area contributed by atoms with Crippen molar-refractivity contribution in [2.75, 3.05) is 32.9 Å². The highest BCUT2D eigenvalue weighted by atomic mass is 16.5. The van der Waals surface area contributed by atoms with Gasteiger partial charge in [0.05, 0.1) is 31.4 Å². The van der Waals surface area contributed by atoms with Crippen LogP contribution in [0.1, 0.15) is 39.0 Å². The second-order valence-electron chi connectivity index (χ2n) is 6.83. The lowest BCUT2D eigenvalue weighted by Gasteiger charge is -2.34. The molecule has 0 saturated carbocycles. The highest BCUT2D eigenvalue weighted by molar-refractivity contribution is 5.80. The van der Waals surface area contributed by atoms with Crippen LogP contribution in [0, 0.1) is 5.41 Å². The average Bonchev–Trinajstić information content (AvgIpc) is 3.16. The standard InChI is InChI=1S/C16H29N3O3/c1-2-17-15(19-13-9-12-3-4-14(13)22-12)18-10-16(11-20)5-7-21-8-6-16/h12-14,20H,2-11H2,1H3,(H2,17,18,19). The number of rotatable bonds is 5. The van der Waals surface area contributed by atoms with Gasteiger partial charge >= 0.3 is 0 Å². The number of fused-ring (bicyclic) bond motifs is 2. The van der Waals surface area contributed by atoms with Gasteiger partial charge in [-0.15, -0.1) is 0 Å². The molecule has 0 aromatic carbocycles. The zero-order valence-corrected chi connectivity index (χ0v) is 13.5. The van der Waals surface area contributed by atoms with Crippen LogP contribution in [0.5, 0.6) is 0 Å². The quantitative estimate of drug-likeness (QED) is 0.513. The molecule has 3 fully saturated rings. The molecule has 0 aromatic rings. The molecule has 3 N–H and O–H groups in total. The summed E-state index contributed by atoms with van der Waals surface area (Å²) in [5.74, 6) is 0.850. The van der Waals surface area contributed by atoms with E-state index >= 15 is 0 Å². The number of aliphatic hydroxyl groups excluding tert-OH is 1. The van der Waals surface area contributed by atoms with Crippen LogP contribution in [0.25, 0.3) is 0 Å². The molecule has 0 aromatic heterocycles. The van der Waals surface area contributed by atoms with E-state index in [0.717, 1.165) is 51.4 Å². The molecule has 2 bridgehead atoms. The van der Waals surface area contributed by atoms with Crippen molar-refractivity contribution >= 4 is 5.96 Å². The van der Waals surface area contributed by atoms with E-state index in [9.17, 15) is 5.11 Å². The fourth-order valence-electron chi connectivity index (χ4n) is 3.70. The van der Waals surface area contributed by atoms with Crippen molar-refractivity contribution in [3.63, 3.8) is 0 Å². The van der Waals surface area contributed by atoms with Crippen molar-refractivity contribution in [2.24, 2.45) is 10.4 Å². The zero-order chi connectivity index (χ0) is 15.4. The first-order valence-electron chi connectivity index (χ1n) is 8.63. The fourth-order valence-corrected chi connectivity index (χ4v) is 3.70. The summed E-state index contributed by atoms with van der Waals surface area (Å²) < 4.78 is 11.3. The molecule has 3 unspecified atom stereocenters. The molecule has 0 radical (unpaired) electrons. The van der Waals surface area contributed by atoms with Gasteiger partial charge in [-0.3, -0.25) is 4.99 Å². The summed E-state index contributed by atoms with van der Waals surface area (Å²) in [7, 11) is 0. The van der Waals surface area contributed by atoms with E-state index in [4.69, 9.17) is 14.5 Å². The number of ether oxygens (including phenoxy) is 2. The first kappa shape index (κ1) is 16.0. The Labute approximate surface area is 132 Å². The van der Waals surface area contributed by atoms with Crippen molar-refractivity contribution in [1.29, 1.82) is 0 Å². The van der Waals surface area contributed by atoms with Gasteiger partial charge in [0.2, 0.25) is 0 Å². The summed E-state index contributed by atoms with van der Waals surface area (Å²) in [5, 5.41) is 16.6. The maximum Gasteiger partial charge on any atom is 0.191 e. The predicted molar refractivity (Wildman–Crippen MR) is 85.0 cm³/mol. The number of nitrogens with zero attached hydrogens (tertiary/aromatic N) is 1. The van der Waals surface area contributed by atoms with Crippen molar-refractivity contribution in [2.45, 2.75) is 57.3 Å². The van der Waals surface area contributed by atoms with Crippen LogP contribution in [0.15, 0.2) is 4.99 Å². The summed E-state index contributed by atoms with van der Waals surface area (Å²) in [6.45, 7) is 5.18. The molecule has 3 atom stereocenters. The SMILES string of the molecule is CCNC(=NCC1(CO)CCOCC1)NC1CC2CCC1O2. The maximum atomic E-state index is 9.77. The molecule has 6 nitrogen and oxygen atoms in total. The molecule has 3 aliphatic rings. The largest absolute Gasteiger partial charge is 0.396 e. The summed E-state index contributed by atoms with van der Waals surface area (Å²) in [6.07, 6.45) is 5.96. The molecule has 126 valence electrons. The Morgan fingerprint density at radius 2 is 2.14 bits per heavy atom. The van der Waals surface area contributed by atoms with Crippen LogP contribution < -0.4 is 10.6 Å². The van der Waals surface area contributed by atoms with E-state index in [0.29, 0.717) is 24.8 Å². The van der Waals surface area contributed by atoms with Crippen LogP contribution in [0.3, 0.4) is 0 Å². The highest BCUT2D eigenvalue weighted by Gasteiger charge is 2.41. The number of nitrogens with one attached hydrogen (secondary N) is 2. The lowest BCUT2D eigenvalue weighted by atomic mass is 9.81. The summed E-state index contributed by atoms with van der Waals surface area (Å²) in [6, 6.07) is 0.372. The fraction of sp³-hybridized carbons (Fsp3) is 0.938.